The molecule has 1 aliphatic heterocycles. The number of amides is 1. The van der Waals surface area contributed by atoms with Crippen LogP contribution in [0.4, 0.5) is 4.39 Å². The Labute approximate surface area is 228 Å². The summed E-state index contributed by atoms with van der Waals surface area (Å²) in [6, 6.07) is 7.78. The van der Waals surface area contributed by atoms with Crippen molar-refractivity contribution < 1.29 is 23.6 Å². The number of carbonyl (C=O) groups is 2. The second-order valence-electron chi connectivity index (χ2n) is 9.59. The van der Waals surface area contributed by atoms with Crippen molar-refractivity contribution in [2.24, 2.45) is 17.0 Å². The van der Waals surface area contributed by atoms with E-state index in [1.54, 1.807) is 31.2 Å². The predicted molar refractivity (Wildman–Crippen MR) is 143 cm³/mol. The smallest absolute Gasteiger partial charge is 0.270 e. The van der Waals surface area contributed by atoms with Gasteiger partial charge in [-0.15, -0.1) is 0 Å². The van der Waals surface area contributed by atoms with E-state index in [9.17, 15) is 14.0 Å². The average molecular weight is 539 g/mol. The van der Waals surface area contributed by atoms with Crippen LogP contribution in [0.3, 0.4) is 0 Å². The molecule has 1 aromatic carbocycles. The molecule has 1 saturated carbocycles. The van der Waals surface area contributed by atoms with Crippen LogP contribution in [0.15, 0.2) is 29.4 Å². The number of aldehydes is 1. The lowest BCUT2D eigenvalue weighted by molar-refractivity contribution is -0.107. The first-order valence-corrected chi connectivity index (χ1v) is 13.0. The van der Waals surface area contributed by atoms with Crippen LogP contribution in [-0.2, 0) is 16.2 Å². The van der Waals surface area contributed by atoms with Gasteiger partial charge < -0.3 is 25.0 Å². The van der Waals surface area contributed by atoms with Crippen LogP contribution in [0.2, 0.25) is 0 Å². The van der Waals surface area contributed by atoms with Crippen molar-refractivity contribution >= 4 is 17.9 Å². The fourth-order valence-corrected chi connectivity index (χ4v) is 4.81. The molecule has 2 heterocycles. The second-order valence-corrected chi connectivity index (χ2v) is 9.59. The van der Waals surface area contributed by atoms with Crippen molar-refractivity contribution in [3.05, 3.63) is 52.9 Å². The number of oxime groups is 1. The Morgan fingerprint density at radius 1 is 1.26 bits per heavy atom. The fraction of sp³-hybridized carbons (Fsp3) is 0.500. The molecule has 10 nitrogen and oxygen atoms in total. The first-order valence-electron chi connectivity index (χ1n) is 13.0. The zero-order valence-corrected chi connectivity index (χ0v) is 22.6. The van der Waals surface area contributed by atoms with Crippen molar-refractivity contribution in [1.82, 2.24) is 20.6 Å². The number of aryl methyl sites for hydroxylation is 1. The minimum atomic E-state index is -0.447. The highest BCUT2D eigenvalue weighted by Crippen LogP contribution is 2.35. The quantitative estimate of drug-likeness (QED) is 0.463. The van der Waals surface area contributed by atoms with E-state index >= 15 is 0 Å². The van der Waals surface area contributed by atoms with Gasteiger partial charge in [0.15, 0.2) is 11.6 Å². The van der Waals surface area contributed by atoms with Gasteiger partial charge in [0.25, 0.3) is 5.91 Å². The Morgan fingerprint density at radius 2 is 2.03 bits per heavy atom. The van der Waals surface area contributed by atoms with E-state index in [0.717, 1.165) is 36.6 Å². The standard InChI is InChI=1S/C25H32FN5O3.C3H3NO/c1-15-29-20(21-12-23(34-31-21)18-7-4-16(5-8-18)13-27-2)11-22(30-15)25(32)28-14-17-6-9-19(26)24(10-17)33-3;4-2-1-3-5/h6,9-11,16,18,23,27H,4-5,7-8,12-14H2,1-3H3,(H,28,32);3H,1H2. The van der Waals surface area contributed by atoms with Crippen LogP contribution < -0.4 is 15.4 Å². The molecule has 1 unspecified atom stereocenters. The third-order valence-electron chi connectivity index (χ3n) is 6.81. The minimum Gasteiger partial charge on any atom is -0.494 e. The summed E-state index contributed by atoms with van der Waals surface area (Å²) in [4.78, 5) is 36.5. The summed E-state index contributed by atoms with van der Waals surface area (Å²) in [7, 11) is 3.41. The third kappa shape index (κ3) is 8.55. The van der Waals surface area contributed by atoms with E-state index in [-0.39, 0.29) is 36.4 Å². The minimum absolute atomic E-state index is 0.0139. The molecular weight excluding hydrogens is 503 g/mol. The van der Waals surface area contributed by atoms with E-state index in [1.165, 1.54) is 26.0 Å². The highest BCUT2D eigenvalue weighted by molar-refractivity contribution is 6.01. The number of hydrogen-bond donors (Lipinski definition) is 2. The van der Waals surface area contributed by atoms with Gasteiger partial charge in [0.1, 0.15) is 29.6 Å². The van der Waals surface area contributed by atoms with Crippen LogP contribution in [0.1, 0.15) is 66.1 Å². The second kappa shape index (κ2) is 14.9. The number of rotatable bonds is 9. The number of benzene rings is 1. The third-order valence-corrected chi connectivity index (χ3v) is 6.81. The molecule has 1 fully saturated rings. The molecule has 2 aromatic rings. The Morgan fingerprint density at radius 3 is 2.67 bits per heavy atom. The molecular formula is C28H35FN6O4. The molecule has 1 atom stereocenters. The van der Waals surface area contributed by atoms with Crippen LogP contribution in [-0.4, -0.2) is 54.7 Å². The molecule has 4 rings (SSSR count). The summed E-state index contributed by atoms with van der Waals surface area (Å²) < 4.78 is 18.6. The number of methoxy groups -OCH3 is 1. The molecule has 208 valence electrons. The van der Waals surface area contributed by atoms with Gasteiger partial charge >= 0.3 is 0 Å². The molecule has 0 saturated heterocycles. The van der Waals surface area contributed by atoms with Gasteiger partial charge in [0.2, 0.25) is 0 Å². The Balaban J connectivity index is 0.000000771. The van der Waals surface area contributed by atoms with Crippen LogP contribution in [0.5, 0.6) is 5.75 Å². The number of ether oxygens (including phenoxy) is 1. The summed E-state index contributed by atoms with van der Waals surface area (Å²) in [6.07, 6.45) is 6.03. The van der Waals surface area contributed by atoms with Crippen molar-refractivity contribution in [2.45, 2.75) is 58.1 Å². The van der Waals surface area contributed by atoms with E-state index in [0.29, 0.717) is 30.1 Å². The maximum Gasteiger partial charge on any atom is 0.270 e. The topological polar surface area (TPSA) is 139 Å². The summed E-state index contributed by atoms with van der Waals surface area (Å²) in [5.41, 5.74) is 2.35. The first kappa shape index (κ1) is 29.6. The van der Waals surface area contributed by atoms with Crippen molar-refractivity contribution in [3.63, 3.8) is 0 Å². The van der Waals surface area contributed by atoms with Gasteiger partial charge in [-0.3, -0.25) is 4.79 Å². The normalized spacial score (nSPS) is 20.0. The van der Waals surface area contributed by atoms with Gasteiger partial charge in [-0.2, -0.15) is 5.26 Å². The predicted octanol–water partition coefficient (Wildman–Crippen LogP) is 3.48. The largest absolute Gasteiger partial charge is 0.494 e. The molecule has 39 heavy (non-hydrogen) atoms. The van der Waals surface area contributed by atoms with Crippen molar-refractivity contribution in [1.29, 1.82) is 5.26 Å². The van der Waals surface area contributed by atoms with Gasteiger partial charge in [0, 0.05) is 13.0 Å². The van der Waals surface area contributed by atoms with Crippen LogP contribution in [0.25, 0.3) is 0 Å². The van der Waals surface area contributed by atoms with Gasteiger partial charge in [-0.25, -0.2) is 14.4 Å². The number of nitrogens with one attached hydrogen (secondary N) is 2. The van der Waals surface area contributed by atoms with E-state index < -0.39 is 5.82 Å². The van der Waals surface area contributed by atoms with Gasteiger partial charge in [-0.05, 0) is 81.8 Å². The highest BCUT2D eigenvalue weighted by atomic mass is 19.1. The summed E-state index contributed by atoms with van der Waals surface area (Å²) in [5.74, 6) is 1.07. The van der Waals surface area contributed by atoms with E-state index in [4.69, 9.17) is 14.8 Å². The van der Waals surface area contributed by atoms with E-state index in [1.807, 2.05) is 7.05 Å². The SMILES string of the molecule is CNCC1CCC(C2CC(c3cc(C(=O)NCc4ccc(F)c(OC)c4)nc(C)n3)=NO2)CC1.N#CCC=O. The molecule has 0 spiro atoms. The Kier molecular flexibility index (Phi) is 11.3. The number of carbonyl (C=O) groups excluding carboxylic acids is 2. The fourth-order valence-electron chi connectivity index (χ4n) is 4.81. The monoisotopic (exact) mass is 538 g/mol. The molecule has 1 amide bonds. The maximum absolute atomic E-state index is 13.6. The molecule has 0 radical (unpaired) electrons. The lowest BCUT2D eigenvalue weighted by atomic mass is 9.78. The number of hydrogen-bond acceptors (Lipinski definition) is 9. The molecule has 2 aliphatic rings. The average Bonchev–Trinajstić information content (AvgIpc) is 3.44. The number of nitrogens with zero attached hydrogens (tertiary/aromatic N) is 4. The molecule has 1 aliphatic carbocycles. The van der Waals surface area contributed by atoms with Crippen LogP contribution >= 0.6 is 0 Å². The summed E-state index contributed by atoms with van der Waals surface area (Å²) in [5, 5.41) is 18.0. The lowest BCUT2D eigenvalue weighted by Crippen LogP contribution is -2.29. The van der Waals surface area contributed by atoms with Crippen molar-refractivity contribution in [3.8, 4) is 11.8 Å². The Bertz CT molecular complexity index is 1210. The molecule has 11 heteroatoms. The van der Waals surface area contributed by atoms with Gasteiger partial charge in [0.05, 0.1) is 25.3 Å². The Hall–Kier alpha value is -3.91. The number of aromatic nitrogens is 2. The molecule has 1 aromatic heterocycles. The first-order chi connectivity index (χ1) is 18.9. The zero-order chi connectivity index (χ0) is 28.2. The van der Waals surface area contributed by atoms with Crippen LogP contribution in [0, 0.1) is 35.9 Å². The van der Waals surface area contributed by atoms with E-state index in [2.05, 4.69) is 25.8 Å². The summed E-state index contributed by atoms with van der Waals surface area (Å²) in [6.45, 7) is 3.04. The lowest BCUT2D eigenvalue weighted by Gasteiger charge is -2.30. The van der Waals surface area contributed by atoms with Gasteiger partial charge in [-0.1, -0.05) is 11.2 Å². The highest BCUT2D eigenvalue weighted by Gasteiger charge is 2.34. The number of nitriles is 1. The van der Waals surface area contributed by atoms with Crippen molar-refractivity contribution in [2.75, 3.05) is 20.7 Å². The summed E-state index contributed by atoms with van der Waals surface area (Å²) >= 11 is 0. The number of halogens is 1. The maximum atomic E-state index is 13.6. The molecule has 0 bridgehead atoms. The zero-order valence-electron chi connectivity index (χ0n) is 22.6. The molecule has 2 N–H and O–H groups in total.